The summed E-state index contributed by atoms with van der Waals surface area (Å²) in [6, 6.07) is 5.10. The highest BCUT2D eigenvalue weighted by molar-refractivity contribution is 6.32. The molecule has 2 rings (SSSR count). The number of hydrogen-bond donors (Lipinski definition) is 2. The summed E-state index contributed by atoms with van der Waals surface area (Å²) in [5.74, 6) is 0.110. The molecule has 0 aliphatic carbocycles. The monoisotopic (exact) mass is 227 g/mol. The number of rotatable bonds is 3. The van der Waals surface area contributed by atoms with Gasteiger partial charge in [0.15, 0.2) is 0 Å². The molecule has 4 heteroatoms. The number of nitrogens with one attached hydrogen (secondary N) is 1. The molecule has 82 valence electrons. The van der Waals surface area contributed by atoms with Gasteiger partial charge in [-0.15, -0.1) is 0 Å². The van der Waals surface area contributed by atoms with Crippen molar-refractivity contribution >= 4 is 17.3 Å². The van der Waals surface area contributed by atoms with Crippen LogP contribution in [-0.2, 0) is 4.74 Å². The van der Waals surface area contributed by atoms with Crippen LogP contribution in [0.2, 0.25) is 5.02 Å². The van der Waals surface area contributed by atoms with Crippen molar-refractivity contribution in [1.29, 1.82) is 0 Å². The van der Waals surface area contributed by atoms with Gasteiger partial charge in [-0.2, -0.15) is 0 Å². The standard InChI is InChI=1S/C11H14ClNO2/c12-10-6-8(3-4-11(10)14)13-7-9-2-1-5-15-9/h3-4,6,9,13-14H,1-2,5,7H2. The van der Waals surface area contributed by atoms with E-state index in [-0.39, 0.29) is 5.75 Å². The maximum atomic E-state index is 9.24. The van der Waals surface area contributed by atoms with Crippen LogP contribution in [0, 0.1) is 0 Å². The molecule has 0 spiro atoms. The van der Waals surface area contributed by atoms with Gasteiger partial charge in [0.25, 0.3) is 0 Å². The lowest BCUT2D eigenvalue weighted by molar-refractivity contribution is 0.120. The molecule has 1 fully saturated rings. The molecule has 1 aliphatic rings. The molecule has 1 atom stereocenters. The average Bonchev–Trinajstić information content (AvgIpc) is 2.73. The van der Waals surface area contributed by atoms with Crippen LogP contribution in [0.3, 0.4) is 0 Å². The van der Waals surface area contributed by atoms with E-state index in [1.54, 1.807) is 18.2 Å². The second kappa shape index (κ2) is 4.73. The van der Waals surface area contributed by atoms with Gasteiger partial charge in [-0.25, -0.2) is 0 Å². The quantitative estimate of drug-likeness (QED) is 0.780. The summed E-state index contributed by atoms with van der Waals surface area (Å²) in [6.07, 6.45) is 2.55. The first-order valence-corrected chi connectivity index (χ1v) is 5.47. The predicted octanol–water partition coefficient (Wildman–Crippen LogP) is 2.64. The van der Waals surface area contributed by atoms with Crippen LogP contribution in [-0.4, -0.2) is 24.4 Å². The number of aromatic hydroxyl groups is 1. The lowest BCUT2D eigenvalue weighted by Crippen LogP contribution is -2.18. The van der Waals surface area contributed by atoms with Crippen molar-refractivity contribution in [3.8, 4) is 5.75 Å². The normalized spacial score (nSPS) is 20.5. The maximum Gasteiger partial charge on any atom is 0.134 e. The number of ether oxygens (including phenoxy) is 1. The Labute approximate surface area is 94.0 Å². The molecule has 1 aromatic carbocycles. The molecule has 0 amide bonds. The third-order valence-corrected chi connectivity index (χ3v) is 2.81. The largest absolute Gasteiger partial charge is 0.506 e. The zero-order valence-corrected chi connectivity index (χ0v) is 9.13. The number of benzene rings is 1. The third-order valence-electron chi connectivity index (χ3n) is 2.51. The highest BCUT2D eigenvalue weighted by Crippen LogP contribution is 2.26. The van der Waals surface area contributed by atoms with Gasteiger partial charge in [0.1, 0.15) is 5.75 Å². The Bertz CT molecular complexity index is 337. The van der Waals surface area contributed by atoms with E-state index in [1.165, 1.54) is 0 Å². The number of hydrogen-bond acceptors (Lipinski definition) is 3. The Morgan fingerprint density at radius 3 is 3.07 bits per heavy atom. The van der Waals surface area contributed by atoms with Gasteiger partial charge >= 0.3 is 0 Å². The number of phenolic OH excluding ortho intramolecular Hbond substituents is 1. The van der Waals surface area contributed by atoms with Crippen LogP contribution >= 0.6 is 11.6 Å². The van der Waals surface area contributed by atoms with E-state index in [4.69, 9.17) is 16.3 Å². The number of halogens is 1. The molecule has 1 heterocycles. The van der Waals surface area contributed by atoms with Gasteiger partial charge < -0.3 is 15.2 Å². The van der Waals surface area contributed by atoms with Gasteiger partial charge in [0.2, 0.25) is 0 Å². The van der Waals surface area contributed by atoms with E-state index in [1.807, 2.05) is 0 Å². The fourth-order valence-corrected chi connectivity index (χ4v) is 1.83. The molecule has 15 heavy (non-hydrogen) atoms. The van der Waals surface area contributed by atoms with Crippen LogP contribution in [0.15, 0.2) is 18.2 Å². The molecular weight excluding hydrogens is 214 g/mol. The Kier molecular flexibility index (Phi) is 3.34. The lowest BCUT2D eigenvalue weighted by Gasteiger charge is -2.12. The first-order valence-electron chi connectivity index (χ1n) is 5.10. The summed E-state index contributed by atoms with van der Waals surface area (Å²) >= 11 is 5.79. The maximum absolute atomic E-state index is 9.24. The highest BCUT2D eigenvalue weighted by atomic mass is 35.5. The minimum Gasteiger partial charge on any atom is -0.506 e. The fourth-order valence-electron chi connectivity index (χ4n) is 1.65. The molecule has 1 aromatic rings. The van der Waals surface area contributed by atoms with Crippen LogP contribution in [0.25, 0.3) is 0 Å². The predicted molar refractivity (Wildman–Crippen MR) is 60.6 cm³/mol. The van der Waals surface area contributed by atoms with E-state index < -0.39 is 0 Å². The highest BCUT2D eigenvalue weighted by Gasteiger charge is 2.14. The topological polar surface area (TPSA) is 41.5 Å². The van der Waals surface area contributed by atoms with Gasteiger partial charge in [-0.1, -0.05) is 11.6 Å². The Balaban J connectivity index is 1.90. The molecule has 0 radical (unpaired) electrons. The van der Waals surface area contributed by atoms with Crippen LogP contribution in [0.4, 0.5) is 5.69 Å². The smallest absolute Gasteiger partial charge is 0.134 e. The third kappa shape index (κ3) is 2.76. The molecule has 3 nitrogen and oxygen atoms in total. The van der Waals surface area contributed by atoms with Crippen LogP contribution in [0.1, 0.15) is 12.8 Å². The van der Waals surface area contributed by atoms with Gasteiger partial charge in [0, 0.05) is 18.8 Å². The SMILES string of the molecule is Oc1ccc(NCC2CCCO2)cc1Cl. The van der Waals surface area contributed by atoms with Crippen molar-refractivity contribution in [1.82, 2.24) is 0 Å². The van der Waals surface area contributed by atoms with Crippen molar-refractivity contribution in [3.63, 3.8) is 0 Å². The minimum absolute atomic E-state index is 0.110. The van der Waals surface area contributed by atoms with E-state index >= 15 is 0 Å². The molecular formula is C11H14ClNO2. The Morgan fingerprint density at radius 2 is 2.40 bits per heavy atom. The summed E-state index contributed by atoms with van der Waals surface area (Å²) in [5, 5.41) is 12.8. The summed E-state index contributed by atoms with van der Waals surface area (Å²) in [5.41, 5.74) is 0.910. The summed E-state index contributed by atoms with van der Waals surface area (Å²) in [7, 11) is 0. The number of phenols is 1. The van der Waals surface area contributed by atoms with Crippen molar-refractivity contribution in [2.24, 2.45) is 0 Å². The average molecular weight is 228 g/mol. The molecule has 1 unspecified atom stereocenters. The van der Waals surface area contributed by atoms with E-state index in [2.05, 4.69) is 5.32 Å². The lowest BCUT2D eigenvalue weighted by atomic mass is 10.2. The van der Waals surface area contributed by atoms with Crippen molar-refractivity contribution < 1.29 is 9.84 Å². The molecule has 1 aliphatic heterocycles. The molecule has 0 bridgehead atoms. The van der Waals surface area contributed by atoms with E-state index in [9.17, 15) is 5.11 Å². The molecule has 0 saturated carbocycles. The second-order valence-electron chi connectivity index (χ2n) is 3.68. The Hall–Kier alpha value is -0.930. The zero-order chi connectivity index (χ0) is 10.7. The molecule has 0 aromatic heterocycles. The minimum atomic E-state index is 0.110. The van der Waals surface area contributed by atoms with Gasteiger partial charge in [0.05, 0.1) is 11.1 Å². The molecule has 2 N–H and O–H groups in total. The Morgan fingerprint density at radius 1 is 1.53 bits per heavy atom. The molecule has 1 saturated heterocycles. The van der Waals surface area contributed by atoms with Crippen molar-refractivity contribution in [2.45, 2.75) is 18.9 Å². The zero-order valence-electron chi connectivity index (χ0n) is 8.37. The first-order chi connectivity index (χ1) is 7.25. The second-order valence-corrected chi connectivity index (χ2v) is 4.09. The number of anilines is 1. The van der Waals surface area contributed by atoms with Gasteiger partial charge in [-0.3, -0.25) is 0 Å². The van der Waals surface area contributed by atoms with E-state index in [0.29, 0.717) is 11.1 Å². The first kappa shape index (κ1) is 10.6. The van der Waals surface area contributed by atoms with Crippen molar-refractivity contribution in [3.05, 3.63) is 23.2 Å². The van der Waals surface area contributed by atoms with E-state index in [0.717, 1.165) is 31.7 Å². The fraction of sp³-hybridized carbons (Fsp3) is 0.455. The summed E-state index contributed by atoms with van der Waals surface area (Å²) in [6.45, 7) is 1.66. The van der Waals surface area contributed by atoms with Crippen molar-refractivity contribution in [2.75, 3.05) is 18.5 Å². The van der Waals surface area contributed by atoms with Gasteiger partial charge in [-0.05, 0) is 31.0 Å². The van der Waals surface area contributed by atoms with Crippen LogP contribution < -0.4 is 5.32 Å². The van der Waals surface area contributed by atoms with Crippen LogP contribution in [0.5, 0.6) is 5.75 Å². The summed E-state index contributed by atoms with van der Waals surface area (Å²) in [4.78, 5) is 0. The summed E-state index contributed by atoms with van der Waals surface area (Å²) < 4.78 is 5.48.